The van der Waals surface area contributed by atoms with Crippen LogP contribution in [0.4, 0.5) is 4.39 Å². The number of oxazole rings is 1. The average Bonchev–Trinajstić information content (AvgIpc) is 3.11. The molecule has 1 atom stereocenters. The van der Waals surface area contributed by atoms with Crippen molar-refractivity contribution in [1.82, 2.24) is 15.6 Å². The number of halogens is 1. The molecule has 8 nitrogen and oxygen atoms in total. The van der Waals surface area contributed by atoms with Crippen LogP contribution in [0.3, 0.4) is 0 Å². The Balaban J connectivity index is 2.06. The number of aromatic nitrogens is 1. The number of carbonyl (C=O) groups excluding carboxylic acids is 2. The molecule has 0 aliphatic heterocycles. The van der Waals surface area contributed by atoms with E-state index in [9.17, 15) is 18.8 Å². The molecule has 0 aliphatic carbocycles. The van der Waals surface area contributed by atoms with E-state index in [1.807, 2.05) is 13.8 Å². The number of benzene rings is 1. The van der Waals surface area contributed by atoms with Gasteiger partial charge in [-0.05, 0) is 30.0 Å². The quantitative estimate of drug-likeness (QED) is 0.602. The maximum atomic E-state index is 13.0. The molecule has 0 unspecified atom stereocenters. The summed E-state index contributed by atoms with van der Waals surface area (Å²) in [5, 5.41) is 13.6. The van der Waals surface area contributed by atoms with Crippen LogP contribution in [0.15, 0.2) is 34.9 Å². The van der Waals surface area contributed by atoms with Gasteiger partial charge in [0.15, 0.2) is 5.69 Å². The minimum absolute atomic E-state index is 0.0571. The Hall–Kier alpha value is -3.23. The van der Waals surface area contributed by atoms with E-state index in [0.717, 1.165) is 6.26 Å². The molecule has 0 spiro atoms. The summed E-state index contributed by atoms with van der Waals surface area (Å²) in [6.45, 7) is 3.38. The lowest BCUT2D eigenvalue weighted by atomic mass is 10.0. The number of amides is 2. The number of carboxylic acid groups (broad SMARTS) is 1. The molecular weight excluding hydrogens is 369 g/mol. The summed E-state index contributed by atoms with van der Waals surface area (Å²) < 4.78 is 18.3. The molecule has 28 heavy (non-hydrogen) atoms. The van der Waals surface area contributed by atoms with E-state index >= 15 is 0 Å². The van der Waals surface area contributed by atoms with E-state index in [0.29, 0.717) is 12.0 Å². The molecule has 1 aromatic heterocycles. The van der Waals surface area contributed by atoms with E-state index in [1.165, 1.54) is 24.3 Å². The highest BCUT2D eigenvalue weighted by Gasteiger charge is 2.23. The van der Waals surface area contributed by atoms with Crippen molar-refractivity contribution in [3.63, 3.8) is 0 Å². The maximum Gasteiger partial charge on any atom is 0.322 e. The fraction of sp³-hybridized carbons (Fsp3) is 0.368. The summed E-state index contributed by atoms with van der Waals surface area (Å²) in [5.41, 5.74) is 0.584. The van der Waals surface area contributed by atoms with Gasteiger partial charge in [0.1, 0.15) is 24.7 Å². The number of rotatable bonds is 9. The third kappa shape index (κ3) is 6.49. The van der Waals surface area contributed by atoms with Gasteiger partial charge in [-0.3, -0.25) is 14.4 Å². The predicted molar refractivity (Wildman–Crippen MR) is 96.9 cm³/mol. The lowest BCUT2D eigenvalue weighted by molar-refractivity contribution is -0.135. The van der Waals surface area contributed by atoms with Gasteiger partial charge in [-0.25, -0.2) is 9.37 Å². The first-order valence-electron chi connectivity index (χ1n) is 8.73. The summed E-state index contributed by atoms with van der Waals surface area (Å²) in [7, 11) is 0. The zero-order valence-electron chi connectivity index (χ0n) is 15.6. The van der Waals surface area contributed by atoms with Gasteiger partial charge in [-0.15, -0.1) is 0 Å². The summed E-state index contributed by atoms with van der Waals surface area (Å²) >= 11 is 0. The first-order chi connectivity index (χ1) is 13.2. The fourth-order valence-electron chi connectivity index (χ4n) is 2.52. The normalized spacial score (nSPS) is 11.9. The molecule has 0 radical (unpaired) electrons. The molecule has 9 heteroatoms. The van der Waals surface area contributed by atoms with Crippen LogP contribution in [-0.2, 0) is 16.0 Å². The number of carboxylic acids is 1. The highest BCUT2D eigenvalue weighted by molar-refractivity contribution is 5.93. The third-order valence-corrected chi connectivity index (χ3v) is 3.77. The minimum Gasteiger partial charge on any atom is -0.480 e. The van der Waals surface area contributed by atoms with E-state index < -0.39 is 24.5 Å². The molecule has 150 valence electrons. The van der Waals surface area contributed by atoms with Gasteiger partial charge in [-0.1, -0.05) is 26.0 Å². The Bertz CT molecular complexity index is 832. The van der Waals surface area contributed by atoms with Crippen LogP contribution in [0.25, 0.3) is 0 Å². The number of carbonyl (C=O) groups is 3. The first-order valence-corrected chi connectivity index (χ1v) is 8.73. The van der Waals surface area contributed by atoms with Gasteiger partial charge in [0.2, 0.25) is 11.8 Å². The molecule has 0 bridgehead atoms. The van der Waals surface area contributed by atoms with Crippen LogP contribution >= 0.6 is 0 Å². The third-order valence-electron chi connectivity index (χ3n) is 3.77. The smallest absolute Gasteiger partial charge is 0.322 e. The van der Waals surface area contributed by atoms with Crippen molar-refractivity contribution in [2.75, 3.05) is 6.54 Å². The molecule has 1 heterocycles. The zero-order valence-corrected chi connectivity index (χ0v) is 15.6. The Morgan fingerprint density at radius 2 is 1.89 bits per heavy atom. The SMILES string of the molecule is CC(C)C[C@H](NC(=O)Cc1ccc(F)cc1)c1nc(C(=O)NCC(=O)O)co1. The summed E-state index contributed by atoms with van der Waals surface area (Å²) in [4.78, 5) is 38.9. The molecule has 0 saturated carbocycles. The lowest BCUT2D eigenvalue weighted by Crippen LogP contribution is -2.31. The second-order valence-corrected chi connectivity index (χ2v) is 6.70. The van der Waals surface area contributed by atoms with Crippen molar-refractivity contribution in [2.45, 2.75) is 32.7 Å². The number of nitrogens with zero attached hydrogens (tertiary/aromatic N) is 1. The van der Waals surface area contributed by atoms with Crippen LogP contribution in [0.1, 0.15) is 48.3 Å². The molecule has 2 amide bonds. The van der Waals surface area contributed by atoms with Gasteiger partial charge in [0, 0.05) is 0 Å². The van der Waals surface area contributed by atoms with E-state index in [1.54, 1.807) is 0 Å². The van der Waals surface area contributed by atoms with Crippen LogP contribution in [0.2, 0.25) is 0 Å². The van der Waals surface area contributed by atoms with Crippen molar-refractivity contribution < 1.29 is 28.3 Å². The first kappa shape index (κ1) is 21.1. The van der Waals surface area contributed by atoms with Crippen molar-refractivity contribution in [1.29, 1.82) is 0 Å². The summed E-state index contributed by atoms with van der Waals surface area (Å²) in [6.07, 6.45) is 1.69. The molecular formula is C19H22FN3O5. The second kappa shape index (κ2) is 9.63. The monoisotopic (exact) mass is 391 g/mol. The lowest BCUT2D eigenvalue weighted by Gasteiger charge is -2.17. The summed E-state index contributed by atoms with van der Waals surface area (Å²) in [6, 6.07) is 5.06. The largest absolute Gasteiger partial charge is 0.480 e. The van der Waals surface area contributed by atoms with Crippen molar-refractivity contribution in [2.24, 2.45) is 5.92 Å². The van der Waals surface area contributed by atoms with Crippen molar-refractivity contribution in [3.05, 3.63) is 53.5 Å². The number of nitrogens with one attached hydrogen (secondary N) is 2. The highest BCUT2D eigenvalue weighted by Crippen LogP contribution is 2.21. The molecule has 0 fully saturated rings. The highest BCUT2D eigenvalue weighted by atomic mass is 19.1. The van der Waals surface area contributed by atoms with Gasteiger partial charge in [0.05, 0.1) is 6.42 Å². The van der Waals surface area contributed by atoms with Crippen LogP contribution in [0.5, 0.6) is 0 Å². The van der Waals surface area contributed by atoms with Crippen LogP contribution in [-0.4, -0.2) is 34.4 Å². The number of aliphatic carboxylic acids is 1. The average molecular weight is 391 g/mol. The minimum atomic E-state index is -1.18. The van der Waals surface area contributed by atoms with Gasteiger partial charge >= 0.3 is 5.97 Å². The number of hydrogen-bond donors (Lipinski definition) is 3. The standard InChI is InChI=1S/C19H22FN3O5/c1-11(2)7-14(22-16(24)8-12-3-5-13(20)6-4-12)19-23-15(10-28-19)18(27)21-9-17(25)26/h3-6,10-11,14H,7-9H2,1-2H3,(H,21,27)(H,22,24)(H,25,26)/t14-/m0/s1. The Morgan fingerprint density at radius 1 is 1.21 bits per heavy atom. The van der Waals surface area contributed by atoms with Crippen LogP contribution in [0, 0.1) is 11.7 Å². The summed E-state index contributed by atoms with van der Waals surface area (Å²) in [5.74, 6) is -2.18. The Kier molecular flexibility index (Phi) is 7.25. The van der Waals surface area contributed by atoms with Gasteiger partial charge in [-0.2, -0.15) is 0 Å². The molecule has 1 aromatic carbocycles. The van der Waals surface area contributed by atoms with Gasteiger partial charge in [0.25, 0.3) is 5.91 Å². The molecule has 0 saturated heterocycles. The zero-order chi connectivity index (χ0) is 20.7. The molecule has 3 N–H and O–H groups in total. The Labute approximate surface area is 161 Å². The van der Waals surface area contributed by atoms with E-state index in [4.69, 9.17) is 9.52 Å². The second-order valence-electron chi connectivity index (χ2n) is 6.70. The predicted octanol–water partition coefficient (Wildman–Crippen LogP) is 2.07. The van der Waals surface area contributed by atoms with E-state index in [2.05, 4.69) is 15.6 Å². The van der Waals surface area contributed by atoms with E-state index in [-0.39, 0.29) is 35.6 Å². The topological polar surface area (TPSA) is 122 Å². The van der Waals surface area contributed by atoms with Crippen LogP contribution < -0.4 is 10.6 Å². The van der Waals surface area contributed by atoms with Crippen molar-refractivity contribution in [3.8, 4) is 0 Å². The van der Waals surface area contributed by atoms with Gasteiger partial charge < -0.3 is 20.2 Å². The maximum absolute atomic E-state index is 13.0. The number of hydrogen-bond acceptors (Lipinski definition) is 5. The molecule has 2 rings (SSSR count). The Morgan fingerprint density at radius 3 is 2.50 bits per heavy atom. The molecule has 0 aliphatic rings. The fourth-order valence-corrected chi connectivity index (χ4v) is 2.52. The molecule has 2 aromatic rings. The van der Waals surface area contributed by atoms with Crippen molar-refractivity contribution >= 4 is 17.8 Å².